The van der Waals surface area contributed by atoms with Crippen LogP contribution in [0.3, 0.4) is 0 Å². The van der Waals surface area contributed by atoms with Crippen LogP contribution in [0.15, 0.2) is 16.7 Å². The monoisotopic (exact) mass is 273 g/mol. The van der Waals surface area contributed by atoms with E-state index in [4.69, 9.17) is 4.52 Å². The smallest absolute Gasteiger partial charge is 0.278 e. The van der Waals surface area contributed by atoms with Crippen LogP contribution in [0.5, 0.6) is 0 Å². The third kappa shape index (κ3) is 2.14. The van der Waals surface area contributed by atoms with E-state index in [9.17, 15) is 5.11 Å². The summed E-state index contributed by atoms with van der Waals surface area (Å²) in [6, 6.07) is 3.71. The van der Waals surface area contributed by atoms with Crippen molar-refractivity contribution in [2.75, 3.05) is 18.0 Å². The van der Waals surface area contributed by atoms with E-state index in [1.54, 1.807) is 0 Å². The van der Waals surface area contributed by atoms with Crippen molar-refractivity contribution in [3.63, 3.8) is 0 Å². The molecule has 0 bridgehead atoms. The molecule has 0 radical (unpaired) electrons. The highest BCUT2D eigenvalue weighted by Crippen LogP contribution is 2.38. The molecule has 0 aromatic carbocycles. The maximum absolute atomic E-state index is 9.53. The zero-order chi connectivity index (χ0) is 13.5. The van der Waals surface area contributed by atoms with E-state index >= 15 is 0 Å². The molecule has 1 aliphatic carbocycles. The number of nitrogens with zero attached hydrogens (tertiary/aromatic N) is 5. The van der Waals surface area contributed by atoms with Crippen LogP contribution in [-0.4, -0.2) is 44.6 Å². The Bertz CT molecular complexity index is 607. The molecular formula is C13H15N5O2. The van der Waals surface area contributed by atoms with E-state index in [1.165, 1.54) is 0 Å². The number of β-amino-alcohol motifs (C(OH)–C–C–N with tert-alkyl or cyclic N) is 1. The minimum absolute atomic E-state index is 0.270. The van der Waals surface area contributed by atoms with Crippen molar-refractivity contribution >= 4 is 5.82 Å². The van der Waals surface area contributed by atoms with E-state index in [2.05, 4.69) is 20.3 Å². The first-order chi connectivity index (χ1) is 9.79. The van der Waals surface area contributed by atoms with Crippen molar-refractivity contribution in [1.29, 1.82) is 0 Å². The maximum atomic E-state index is 9.53. The summed E-state index contributed by atoms with van der Waals surface area (Å²) < 4.78 is 5.22. The number of hydrogen-bond donors (Lipinski definition) is 1. The van der Waals surface area contributed by atoms with Gasteiger partial charge in [0.05, 0.1) is 6.10 Å². The van der Waals surface area contributed by atoms with Crippen molar-refractivity contribution in [1.82, 2.24) is 20.3 Å². The number of aromatic nitrogens is 4. The van der Waals surface area contributed by atoms with Crippen molar-refractivity contribution in [3.8, 4) is 11.6 Å². The lowest BCUT2D eigenvalue weighted by Gasteiger charge is -2.15. The van der Waals surface area contributed by atoms with Gasteiger partial charge in [-0.05, 0) is 31.4 Å². The van der Waals surface area contributed by atoms with Crippen molar-refractivity contribution in [2.45, 2.75) is 31.3 Å². The molecule has 20 heavy (non-hydrogen) atoms. The summed E-state index contributed by atoms with van der Waals surface area (Å²) in [5.41, 5.74) is 0.591. The molecule has 1 N–H and O–H groups in total. The van der Waals surface area contributed by atoms with Gasteiger partial charge in [-0.3, -0.25) is 0 Å². The normalized spacial score (nSPS) is 22.4. The second-order valence-electron chi connectivity index (χ2n) is 5.40. The third-order valence-electron chi connectivity index (χ3n) is 3.74. The molecule has 1 saturated carbocycles. The highest BCUT2D eigenvalue weighted by atomic mass is 16.5. The Morgan fingerprint density at radius 2 is 2.10 bits per heavy atom. The number of anilines is 1. The summed E-state index contributed by atoms with van der Waals surface area (Å²) in [7, 11) is 0. The minimum atomic E-state index is -0.270. The predicted octanol–water partition coefficient (Wildman–Crippen LogP) is 0.975. The molecule has 1 atom stereocenters. The Morgan fingerprint density at radius 1 is 1.20 bits per heavy atom. The van der Waals surface area contributed by atoms with Crippen molar-refractivity contribution in [2.24, 2.45) is 0 Å². The van der Waals surface area contributed by atoms with E-state index in [-0.39, 0.29) is 6.10 Å². The Labute approximate surface area is 115 Å². The fourth-order valence-corrected chi connectivity index (χ4v) is 2.40. The summed E-state index contributed by atoms with van der Waals surface area (Å²) in [6.07, 6.45) is 2.79. The van der Waals surface area contributed by atoms with Gasteiger partial charge in [0.15, 0.2) is 17.3 Å². The van der Waals surface area contributed by atoms with E-state index in [0.29, 0.717) is 24.0 Å². The van der Waals surface area contributed by atoms with Crippen LogP contribution in [0.25, 0.3) is 11.6 Å². The Hall–Kier alpha value is -2.02. The molecule has 3 heterocycles. The summed E-state index contributed by atoms with van der Waals surface area (Å²) in [4.78, 5) is 6.37. The average molecular weight is 273 g/mol. The van der Waals surface area contributed by atoms with Crippen LogP contribution in [0, 0.1) is 0 Å². The molecule has 104 valence electrons. The number of aliphatic hydroxyl groups is 1. The summed E-state index contributed by atoms with van der Waals surface area (Å²) in [5, 5.41) is 21.8. The zero-order valence-electron chi connectivity index (χ0n) is 10.9. The second kappa shape index (κ2) is 4.52. The van der Waals surface area contributed by atoms with Crippen LogP contribution in [0.4, 0.5) is 5.82 Å². The predicted molar refractivity (Wildman–Crippen MR) is 70.1 cm³/mol. The standard InChI is InChI=1S/C13H15N5O2/c19-9-5-6-18(7-9)11-4-3-10(15-16-11)13-14-12(17-20-13)8-1-2-8/h3-4,8-9,19H,1-2,5-7H2. The Morgan fingerprint density at radius 3 is 2.75 bits per heavy atom. The fraction of sp³-hybridized carbons (Fsp3) is 0.538. The molecule has 0 amide bonds. The SMILES string of the molecule is OC1CCN(c2ccc(-c3nc(C4CC4)no3)nn2)C1. The number of hydrogen-bond acceptors (Lipinski definition) is 7. The van der Waals surface area contributed by atoms with Crippen LogP contribution >= 0.6 is 0 Å². The first-order valence-electron chi connectivity index (χ1n) is 6.90. The van der Waals surface area contributed by atoms with E-state index < -0.39 is 0 Å². The van der Waals surface area contributed by atoms with Gasteiger partial charge in [-0.1, -0.05) is 5.16 Å². The lowest BCUT2D eigenvalue weighted by molar-refractivity contribution is 0.198. The quantitative estimate of drug-likeness (QED) is 0.891. The largest absolute Gasteiger partial charge is 0.391 e. The third-order valence-corrected chi connectivity index (χ3v) is 3.74. The number of aliphatic hydroxyl groups excluding tert-OH is 1. The van der Waals surface area contributed by atoms with Crippen molar-refractivity contribution < 1.29 is 9.63 Å². The average Bonchev–Trinajstić information content (AvgIpc) is 3.04. The van der Waals surface area contributed by atoms with Gasteiger partial charge in [0.2, 0.25) is 0 Å². The van der Waals surface area contributed by atoms with Crippen LogP contribution in [0.1, 0.15) is 31.0 Å². The molecule has 7 heteroatoms. The Balaban J connectivity index is 1.53. The molecule has 7 nitrogen and oxygen atoms in total. The van der Waals surface area contributed by atoms with Gasteiger partial charge < -0.3 is 14.5 Å². The molecule has 2 aromatic rings. The maximum Gasteiger partial charge on any atom is 0.278 e. The van der Waals surface area contributed by atoms with Gasteiger partial charge in [-0.25, -0.2) is 0 Å². The molecule has 1 aliphatic heterocycles. The first kappa shape index (κ1) is 11.8. The van der Waals surface area contributed by atoms with Crippen LogP contribution < -0.4 is 4.90 Å². The van der Waals surface area contributed by atoms with Gasteiger partial charge in [0.25, 0.3) is 5.89 Å². The van der Waals surface area contributed by atoms with Crippen LogP contribution in [0.2, 0.25) is 0 Å². The highest BCUT2D eigenvalue weighted by molar-refractivity contribution is 5.49. The van der Waals surface area contributed by atoms with Gasteiger partial charge in [-0.2, -0.15) is 4.98 Å². The van der Waals surface area contributed by atoms with Gasteiger partial charge in [0, 0.05) is 19.0 Å². The molecule has 0 spiro atoms. The molecule has 2 aromatic heterocycles. The van der Waals surface area contributed by atoms with Crippen molar-refractivity contribution in [3.05, 3.63) is 18.0 Å². The summed E-state index contributed by atoms with van der Waals surface area (Å²) >= 11 is 0. The molecule has 2 fully saturated rings. The highest BCUT2D eigenvalue weighted by Gasteiger charge is 2.29. The van der Waals surface area contributed by atoms with Gasteiger partial charge in [-0.15, -0.1) is 10.2 Å². The number of rotatable bonds is 3. The topological polar surface area (TPSA) is 88.2 Å². The molecular weight excluding hydrogens is 258 g/mol. The fourth-order valence-electron chi connectivity index (χ4n) is 2.40. The molecule has 4 rings (SSSR count). The van der Waals surface area contributed by atoms with Gasteiger partial charge >= 0.3 is 0 Å². The first-order valence-corrected chi connectivity index (χ1v) is 6.90. The lowest BCUT2D eigenvalue weighted by atomic mass is 10.3. The van der Waals surface area contributed by atoms with Gasteiger partial charge in [0.1, 0.15) is 0 Å². The molecule has 1 unspecified atom stereocenters. The second-order valence-corrected chi connectivity index (χ2v) is 5.40. The Kier molecular flexibility index (Phi) is 2.66. The zero-order valence-corrected chi connectivity index (χ0v) is 10.9. The van der Waals surface area contributed by atoms with E-state index in [1.807, 2.05) is 17.0 Å². The summed E-state index contributed by atoms with van der Waals surface area (Å²) in [5.74, 6) is 2.43. The summed E-state index contributed by atoms with van der Waals surface area (Å²) in [6.45, 7) is 1.42. The lowest BCUT2D eigenvalue weighted by Crippen LogP contribution is -2.22. The van der Waals surface area contributed by atoms with Crippen LogP contribution in [-0.2, 0) is 0 Å². The minimum Gasteiger partial charge on any atom is -0.391 e. The van der Waals surface area contributed by atoms with E-state index in [0.717, 1.165) is 37.4 Å². The molecule has 2 aliphatic rings. The molecule has 1 saturated heterocycles.